The number of carbonyl (C=O) groups excluding carboxylic acids is 2. The van der Waals surface area contributed by atoms with Crippen molar-refractivity contribution in [2.75, 3.05) is 12.5 Å². The summed E-state index contributed by atoms with van der Waals surface area (Å²) in [5.41, 5.74) is 3.74. The van der Waals surface area contributed by atoms with Gasteiger partial charge in [-0.15, -0.1) is 0 Å². The van der Waals surface area contributed by atoms with Gasteiger partial charge in [-0.05, 0) is 12.1 Å². The molecule has 0 radical (unpaired) electrons. The van der Waals surface area contributed by atoms with E-state index in [2.05, 4.69) is 15.3 Å². The van der Waals surface area contributed by atoms with Crippen LogP contribution >= 0.6 is 11.6 Å². The Labute approximate surface area is 132 Å². The summed E-state index contributed by atoms with van der Waals surface area (Å²) in [6.45, 7) is 0. The van der Waals surface area contributed by atoms with Crippen LogP contribution in [0.4, 0.5) is 5.69 Å². The zero-order chi connectivity index (χ0) is 15.9. The number of anilines is 1. The van der Waals surface area contributed by atoms with E-state index in [4.69, 9.17) is 11.6 Å². The number of para-hydroxylation sites is 1. The van der Waals surface area contributed by atoms with E-state index < -0.39 is 11.8 Å². The van der Waals surface area contributed by atoms with Gasteiger partial charge < -0.3 is 4.74 Å². The van der Waals surface area contributed by atoms with Gasteiger partial charge in [-0.25, -0.2) is 4.79 Å². The summed E-state index contributed by atoms with van der Waals surface area (Å²) < 4.78 is 4.67. The number of methoxy groups -OCH3 is 1. The first-order valence-corrected chi connectivity index (χ1v) is 6.77. The molecule has 0 aliphatic carbocycles. The normalized spacial score (nSPS) is 10.9. The fourth-order valence-electron chi connectivity index (χ4n) is 1.74. The van der Waals surface area contributed by atoms with Crippen LogP contribution in [0.3, 0.4) is 0 Å². The molecule has 2 aromatic rings. The molecule has 112 valence electrons. The van der Waals surface area contributed by atoms with E-state index in [-0.39, 0.29) is 5.17 Å². The lowest BCUT2D eigenvalue weighted by atomic mass is 10.1. The first-order chi connectivity index (χ1) is 10.6. The molecular weight excluding hydrogens is 304 g/mol. The van der Waals surface area contributed by atoms with Gasteiger partial charge in [-0.3, -0.25) is 10.2 Å². The number of ketones is 1. The highest BCUT2D eigenvalue weighted by atomic mass is 35.5. The van der Waals surface area contributed by atoms with Crippen LogP contribution in [0.5, 0.6) is 0 Å². The molecular formula is C16H13ClN2O3. The summed E-state index contributed by atoms with van der Waals surface area (Å²) in [5, 5.41) is 3.59. The van der Waals surface area contributed by atoms with E-state index >= 15 is 0 Å². The van der Waals surface area contributed by atoms with Crippen molar-refractivity contribution in [2.24, 2.45) is 5.10 Å². The predicted molar refractivity (Wildman–Crippen MR) is 85.5 cm³/mol. The number of carbonyl (C=O) groups is 2. The number of hydrogen-bond acceptors (Lipinski definition) is 5. The Kier molecular flexibility index (Phi) is 5.27. The maximum atomic E-state index is 12.0. The third-order valence-electron chi connectivity index (χ3n) is 2.83. The molecule has 0 aliphatic heterocycles. The number of nitrogens with zero attached hydrogens (tertiary/aromatic N) is 1. The Balaban J connectivity index is 2.18. The Hall–Kier alpha value is -2.66. The van der Waals surface area contributed by atoms with Gasteiger partial charge in [0.05, 0.1) is 18.4 Å². The zero-order valence-electron chi connectivity index (χ0n) is 11.7. The largest absolute Gasteiger partial charge is 0.465 e. The van der Waals surface area contributed by atoms with Gasteiger partial charge in [0, 0.05) is 5.56 Å². The average Bonchev–Trinajstić information content (AvgIpc) is 2.59. The Morgan fingerprint density at radius 1 is 1.05 bits per heavy atom. The molecule has 0 aliphatic rings. The molecule has 0 heterocycles. The molecule has 0 bridgehead atoms. The van der Waals surface area contributed by atoms with Gasteiger partial charge in [-0.2, -0.15) is 5.10 Å². The summed E-state index contributed by atoms with van der Waals surface area (Å²) >= 11 is 5.90. The van der Waals surface area contributed by atoms with Crippen LogP contribution < -0.4 is 5.43 Å². The van der Waals surface area contributed by atoms with E-state index in [9.17, 15) is 9.59 Å². The summed E-state index contributed by atoms with van der Waals surface area (Å²) in [5.74, 6) is -0.922. The van der Waals surface area contributed by atoms with E-state index in [1.54, 1.807) is 54.6 Å². The monoisotopic (exact) mass is 316 g/mol. The molecule has 5 nitrogen and oxygen atoms in total. The number of esters is 1. The van der Waals surface area contributed by atoms with E-state index in [1.165, 1.54) is 7.11 Å². The number of halogens is 1. The minimum atomic E-state index is -0.510. The van der Waals surface area contributed by atoms with E-state index in [0.717, 1.165) is 0 Å². The highest BCUT2D eigenvalue weighted by Crippen LogP contribution is 2.16. The van der Waals surface area contributed by atoms with Crippen molar-refractivity contribution in [3.63, 3.8) is 0 Å². The smallest absolute Gasteiger partial charge is 0.340 e. The van der Waals surface area contributed by atoms with E-state index in [1.807, 2.05) is 0 Å². The first-order valence-electron chi connectivity index (χ1n) is 6.39. The summed E-state index contributed by atoms with van der Waals surface area (Å²) in [7, 11) is 1.29. The van der Waals surface area contributed by atoms with Crippen LogP contribution in [-0.4, -0.2) is 24.0 Å². The molecule has 0 fully saturated rings. The SMILES string of the molecule is COC(=O)c1ccccc1N/N=C(/Cl)C(=O)c1ccccc1. The Bertz CT molecular complexity index is 714. The fourth-order valence-corrected chi connectivity index (χ4v) is 1.89. The molecule has 0 spiro atoms. The van der Waals surface area contributed by atoms with Crippen LogP contribution in [0.25, 0.3) is 0 Å². The molecule has 1 N–H and O–H groups in total. The number of nitrogens with one attached hydrogen (secondary N) is 1. The second-order valence-corrected chi connectivity index (χ2v) is 4.60. The summed E-state index contributed by atoms with van der Waals surface area (Å²) in [4.78, 5) is 23.7. The minimum Gasteiger partial charge on any atom is -0.465 e. The molecule has 6 heteroatoms. The van der Waals surface area contributed by atoms with E-state index in [0.29, 0.717) is 16.8 Å². The maximum Gasteiger partial charge on any atom is 0.340 e. The summed E-state index contributed by atoms with van der Waals surface area (Å²) in [6.07, 6.45) is 0. The van der Waals surface area contributed by atoms with Crippen LogP contribution in [-0.2, 0) is 4.74 Å². The molecule has 0 saturated heterocycles. The molecule has 0 amide bonds. The number of benzene rings is 2. The van der Waals surface area contributed by atoms with Crippen molar-refractivity contribution >= 4 is 34.2 Å². The molecule has 2 rings (SSSR count). The number of hydrazone groups is 1. The van der Waals surface area contributed by atoms with Gasteiger partial charge >= 0.3 is 5.97 Å². The average molecular weight is 317 g/mol. The van der Waals surface area contributed by atoms with Crippen molar-refractivity contribution in [1.29, 1.82) is 0 Å². The molecule has 0 aromatic heterocycles. The van der Waals surface area contributed by atoms with Gasteiger partial charge in [-0.1, -0.05) is 54.1 Å². The predicted octanol–water partition coefficient (Wildman–Crippen LogP) is 3.32. The number of Topliss-reactive ketones (excluding diaryl/α,β-unsaturated/α-hetero) is 1. The second-order valence-electron chi connectivity index (χ2n) is 4.25. The number of hydrogen-bond donors (Lipinski definition) is 1. The van der Waals surface area contributed by atoms with Crippen LogP contribution in [0.15, 0.2) is 59.7 Å². The highest BCUT2D eigenvalue weighted by molar-refractivity contribution is 6.85. The third-order valence-corrected chi connectivity index (χ3v) is 3.09. The minimum absolute atomic E-state index is 0.231. The highest BCUT2D eigenvalue weighted by Gasteiger charge is 2.13. The summed E-state index contributed by atoms with van der Waals surface area (Å²) in [6, 6.07) is 15.2. The van der Waals surface area contributed by atoms with Crippen molar-refractivity contribution in [3.8, 4) is 0 Å². The van der Waals surface area contributed by atoms with Crippen molar-refractivity contribution in [3.05, 3.63) is 65.7 Å². The Morgan fingerprint density at radius 3 is 2.36 bits per heavy atom. The molecule has 22 heavy (non-hydrogen) atoms. The van der Waals surface area contributed by atoms with Crippen LogP contribution in [0, 0.1) is 0 Å². The number of ether oxygens (including phenoxy) is 1. The number of rotatable bonds is 5. The maximum absolute atomic E-state index is 12.0. The lowest BCUT2D eigenvalue weighted by Crippen LogP contribution is -2.11. The zero-order valence-corrected chi connectivity index (χ0v) is 12.5. The molecule has 2 aromatic carbocycles. The van der Waals surface area contributed by atoms with Gasteiger partial charge in [0.2, 0.25) is 5.78 Å². The van der Waals surface area contributed by atoms with Gasteiger partial charge in [0.1, 0.15) is 0 Å². The molecule has 0 saturated carbocycles. The lowest BCUT2D eigenvalue weighted by molar-refractivity contribution is 0.0601. The second kappa shape index (κ2) is 7.38. The lowest BCUT2D eigenvalue weighted by Gasteiger charge is -2.07. The van der Waals surface area contributed by atoms with Crippen molar-refractivity contribution in [2.45, 2.75) is 0 Å². The Morgan fingerprint density at radius 2 is 1.68 bits per heavy atom. The quantitative estimate of drug-likeness (QED) is 0.398. The standard InChI is InChI=1S/C16H13ClN2O3/c1-22-16(21)12-9-5-6-10-13(12)18-19-15(17)14(20)11-7-3-2-4-8-11/h2-10,18H,1H3/b19-15+. The topological polar surface area (TPSA) is 67.8 Å². The fraction of sp³-hybridized carbons (Fsp3) is 0.0625. The van der Waals surface area contributed by atoms with Gasteiger partial charge in [0.15, 0.2) is 5.17 Å². The molecule has 0 unspecified atom stereocenters. The van der Waals surface area contributed by atoms with Crippen LogP contribution in [0.2, 0.25) is 0 Å². The first kappa shape index (κ1) is 15.7. The van der Waals surface area contributed by atoms with Crippen LogP contribution in [0.1, 0.15) is 20.7 Å². The van der Waals surface area contributed by atoms with Gasteiger partial charge in [0.25, 0.3) is 0 Å². The van der Waals surface area contributed by atoms with Crippen molar-refractivity contribution < 1.29 is 14.3 Å². The molecule has 0 atom stereocenters. The van der Waals surface area contributed by atoms with Crippen molar-refractivity contribution in [1.82, 2.24) is 0 Å². The third kappa shape index (κ3) is 3.71.